The number of hydrogen-bond acceptors (Lipinski definition) is 4. The van der Waals surface area contributed by atoms with Crippen LogP contribution in [-0.2, 0) is 6.61 Å². The Balaban J connectivity index is 2.09. The van der Waals surface area contributed by atoms with Crippen molar-refractivity contribution in [2.75, 3.05) is 0 Å². The largest absolute Gasteiger partial charge is 0.487 e. The topological polar surface area (TPSA) is 71.9 Å². The summed E-state index contributed by atoms with van der Waals surface area (Å²) in [6.45, 7) is 2.22. The molecule has 0 spiro atoms. The van der Waals surface area contributed by atoms with E-state index in [9.17, 15) is 0 Å². The van der Waals surface area contributed by atoms with Gasteiger partial charge in [0.2, 0.25) is 0 Å². The van der Waals surface area contributed by atoms with Gasteiger partial charge in [0, 0.05) is 12.2 Å². The van der Waals surface area contributed by atoms with E-state index < -0.39 is 0 Å². The summed E-state index contributed by atoms with van der Waals surface area (Å²) in [4.78, 5) is 3.90. The fourth-order valence-electron chi connectivity index (χ4n) is 1.70. The number of halogens is 1. The van der Waals surface area contributed by atoms with Crippen molar-refractivity contribution < 1.29 is 4.74 Å². The summed E-state index contributed by atoms with van der Waals surface area (Å²) < 4.78 is 5.65. The van der Waals surface area contributed by atoms with Crippen LogP contribution in [0.5, 0.6) is 5.75 Å². The molecule has 20 heavy (non-hydrogen) atoms. The molecule has 0 saturated heterocycles. The lowest BCUT2D eigenvalue weighted by molar-refractivity contribution is 0.306. The quantitative estimate of drug-likeness (QED) is 0.937. The molecule has 2 aromatic rings. The summed E-state index contributed by atoms with van der Waals surface area (Å²) in [5, 5.41) is 9.31. The third kappa shape index (κ3) is 3.47. The summed E-state index contributed by atoms with van der Waals surface area (Å²) >= 11 is 6.15. The maximum atomic E-state index is 8.79. The van der Waals surface area contributed by atoms with E-state index in [2.05, 4.69) is 4.98 Å². The zero-order valence-corrected chi connectivity index (χ0v) is 11.8. The van der Waals surface area contributed by atoms with E-state index in [1.165, 1.54) is 0 Å². The summed E-state index contributed by atoms with van der Waals surface area (Å²) in [6.07, 6.45) is 1.58. The lowest BCUT2D eigenvalue weighted by Crippen LogP contribution is -2.05. The van der Waals surface area contributed by atoms with Crippen molar-refractivity contribution in [2.24, 2.45) is 5.73 Å². The van der Waals surface area contributed by atoms with Gasteiger partial charge in [0.1, 0.15) is 24.1 Å². The molecule has 1 atom stereocenters. The smallest absolute Gasteiger partial charge is 0.140 e. The maximum absolute atomic E-state index is 8.79. The molecule has 0 aliphatic carbocycles. The van der Waals surface area contributed by atoms with Crippen molar-refractivity contribution >= 4 is 11.6 Å². The van der Waals surface area contributed by atoms with Gasteiger partial charge in [-0.1, -0.05) is 17.7 Å². The molecule has 0 saturated carbocycles. The molecule has 2 N–H and O–H groups in total. The van der Waals surface area contributed by atoms with E-state index in [1.807, 2.05) is 19.1 Å². The molecule has 0 amide bonds. The SMILES string of the molecule is CC(N)c1ccc(OCc2ccnc(C#N)c2)c(Cl)c1. The van der Waals surface area contributed by atoms with E-state index in [0.717, 1.165) is 11.1 Å². The second-order valence-corrected chi connectivity index (χ2v) is 4.84. The molecular weight excluding hydrogens is 274 g/mol. The highest BCUT2D eigenvalue weighted by atomic mass is 35.5. The molecule has 4 nitrogen and oxygen atoms in total. The highest BCUT2D eigenvalue weighted by Gasteiger charge is 2.06. The minimum absolute atomic E-state index is 0.0695. The van der Waals surface area contributed by atoms with Crippen LogP contribution >= 0.6 is 11.6 Å². The highest BCUT2D eigenvalue weighted by Crippen LogP contribution is 2.28. The van der Waals surface area contributed by atoms with E-state index in [0.29, 0.717) is 23.1 Å². The van der Waals surface area contributed by atoms with Crippen LogP contribution < -0.4 is 10.5 Å². The van der Waals surface area contributed by atoms with Crippen molar-refractivity contribution in [2.45, 2.75) is 19.6 Å². The normalized spacial score (nSPS) is 11.7. The third-order valence-corrected chi connectivity index (χ3v) is 3.11. The molecule has 0 aliphatic heterocycles. The second kappa shape index (κ2) is 6.38. The first-order valence-corrected chi connectivity index (χ1v) is 6.51. The van der Waals surface area contributed by atoms with Gasteiger partial charge in [-0.25, -0.2) is 4.98 Å². The van der Waals surface area contributed by atoms with Crippen LogP contribution in [0.25, 0.3) is 0 Å². The number of hydrogen-bond donors (Lipinski definition) is 1. The first-order valence-electron chi connectivity index (χ1n) is 6.13. The number of pyridine rings is 1. The van der Waals surface area contributed by atoms with Gasteiger partial charge in [0.15, 0.2) is 0 Å². The number of nitrogens with two attached hydrogens (primary N) is 1. The van der Waals surface area contributed by atoms with E-state index in [4.69, 9.17) is 27.3 Å². The molecule has 0 fully saturated rings. The second-order valence-electron chi connectivity index (χ2n) is 4.43. The Morgan fingerprint density at radius 2 is 2.20 bits per heavy atom. The highest BCUT2D eigenvalue weighted by molar-refractivity contribution is 6.32. The maximum Gasteiger partial charge on any atom is 0.140 e. The molecule has 1 aromatic carbocycles. The van der Waals surface area contributed by atoms with Crippen LogP contribution in [0.1, 0.15) is 29.8 Å². The van der Waals surface area contributed by atoms with Gasteiger partial charge in [-0.05, 0) is 42.3 Å². The van der Waals surface area contributed by atoms with Gasteiger partial charge >= 0.3 is 0 Å². The number of benzene rings is 1. The standard InChI is InChI=1S/C15H14ClN3O/c1-10(18)12-2-3-15(14(16)7-12)20-9-11-4-5-19-13(6-11)8-17/h2-7,10H,9,18H2,1H3. The molecule has 0 radical (unpaired) electrons. The van der Waals surface area contributed by atoms with E-state index >= 15 is 0 Å². The Morgan fingerprint density at radius 3 is 2.85 bits per heavy atom. The Morgan fingerprint density at radius 1 is 1.40 bits per heavy atom. The van der Waals surface area contributed by atoms with Gasteiger partial charge < -0.3 is 10.5 Å². The van der Waals surface area contributed by atoms with Crippen molar-refractivity contribution in [3.05, 3.63) is 58.4 Å². The minimum Gasteiger partial charge on any atom is -0.487 e. The van der Waals surface area contributed by atoms with Gasteiger partial charge in [0.25, 0.3) is 0 Å². The first kappa shape index (κ1) is 14.3. The monoisotopic (exact) mass is 287 g/mol. The van der Waals surface area contributed by atoms with Gasteiger partial charge in [0.05, 0.1) is 5.02 Å². The van der Waals surface area contributed by atoms with Gasteiger partial charge in [-0.3, -0.25) is 0 Å². The summed E-state index contributed by atoms with van der Waals surface area (Å²) in [7, 11) is 0. The lowest BCUT2D eigenvalue weighted by atomic mass is 10.1. The van der Waals surface area contributed by atoms with Crippen LogP contribution in [0.4, 0.5) is 0 Å². The van der Waals surface area contributed by atoms with Gasteiger partial charge in [-0.2, -0.15) is 5.26 Å². The van der Waals surface area contributed by atoms with Crippen LogP contribution in [0.15, 0.2) is 36.5 Å². The number of aromatic nitrogens is 1. The van der Waals surface area contributed by atoms with Crippen LogP contribution in [0.2, 0.25) is 5.02 Å². The molecule has 0 bridgehead atoms. The predicted octanol–water partition coefficient (Wildman–Crippen LogP) is 3.21. The molecule has 1 unspecified atom stereocenters. The average molecular weight is 288 g/mol. The molecule has 2 rings (SSSR count). The lowest BCUT2D eigenvalue weighted by Gasteiger charge is -2.11. The number of nitriles is 1. The predicted molar refractivity (Wildman–Crippen MR) is 77.3 cm³/mol. The Hall–Kier alpha value is -2.09. The molecule has 5 heteroatoms. The zero-order valence-electron chi connectivity index (χ0n) is 11.0. The molecular formula is C15H14ClN3O. The molecule has 0 aliphatic rings. The Bertz CT molecular complexity index is 650. The first-order chi connectivity index (χ1) is 9.60. The van der Waals surface area contributed by atoms with Gasteiger partial charge in [-0.15, -0.1) is 0 Å². The minimum atomic E-state index is -0.0695. The summed E-state index contributed by atoms with van der Waals surface area (Å²) in [6, 6.07) is 10.9. The van der Waals surface area contributed by atoms with E-state index in [1.54, 1.807) is 30.5 Å². The Labute approximate surface area is 122 Å². The van der Waals surface area contributed by atoms with Crippen LogP contribution in [0.3, 0.4) is 0 Å². The fourth-order valence-corrected chi connectivity index (χ4v) is 1.95. The summed E-state index contributed by atoms with van der Waals surface area (Å²) in [5.41, 5.74) is 7.98. The molecule has 1 aromatic heterocycles. The van der Waals surface area contributed by atoms with Crippen molar-refractivity contribution in [3.8, 4) is 11.8 Å². The summed E-state index contributed by atoms with van der Waals surface area (Å²) in [5.74, 6) is 0.589. The fraction of sp³-hybridized carbons (Fsp3) is 0.200. The number of rotatable bonds is 4. The van der Waals surface area contributed by atoms with Crippen molar-refractivity contribution in [1.29, 1.82) is 5.26 Å². The molecule has 1 heterocycles. The van der Waals surface area contributed by atoms with E-state index in [-0.39, 0.29) is 6.04 Å². The van der Waals surface area contributed by atoms with Crippen LogP contribution in [-0.4, -0.2) is 4.98 Å². The average Bonchev–Trinajstić information content (AvgIpc) is 2.46. The van der Waals surface area contributed by atoms with Crippen molar-refractivity contribution in [1.82, 2.24) is 4.98 Å². The van der Waals surface area contributed by atoms with Crippen molar-refractivity contribution in [3.63, 3.8) is 0 Å². The zero-order chi connectivity index (χ0) is 14.5. The number of nitrogens with zero attached hydrogens (tertiary/aromatic N) is 2. The number of ether oxygens (including phenoxy) is 1. The Kier molecular flexibility index (Phi) is 4.57. The van der Waals surface area contributed by atoms with Crippen LogP contribution in [0, 0.1) is 11.3 Å². The molecule has 102 valence electrons. The third-order valence-electron chi connectivity index (χ3n) is 2.81.